The van der Waals surface area contributed by atoms with Crippen molar-refractivity contribution in [2.45, 2.75) is 37.6 Å². The van der Waals surface area contributed by atoms with Gasteiger partial charge in [-0.1, -0.05) is 73.2 Å². The second-order valence-electron chi connectivity index (χ2n) is 8.77. The molecule has 0 radical (unpaired) electrons. The summed E-state index contributed by atoms with van der Waals surface area (Å²) >= 11 is 0. The fraction of sp³-hybridized carbons (Fsp3) is 0.357. The van der Waals surface area contributed by atoms with Crippen LogP contribution in [-0.4, -0.2) is 31.1 Å². The Morgan fingerprint density at radius 2 is 1.48 bits per heavy atom. The smallest absolute Gasteiger partial charge is 0.123 e. The number of para-hydroxylation sites is 2. The lowest BCUT2D eigenvalue weighted by Crippen LogP contribution is -2.33. The first kappa shape index (κ1) is 20.1. The Bertz CT molecular complexity index is 981. The third-order valence-electron chi connectivity index (χ3n) is 6.75. The van der Waals surface area contributed by atoms with Gasteiger partial charge in [0.1, 0.15) is 12.4 Å². The van der Waals surface area contributed by atoms with Crippen molar-refractivity contribution in [3.8, 4) is 5.75 Å². The minimum atomic E-state index is 0.294. The molecule has 2 heterocycles. The molecule has 3 heteroatoms. The van der Waals surface area contributed by atoms with Gasteiger partial charge in [0.15, 0.2) is 0 Å². The largest absolute Gasteiger partial charge is 0.492 e. The van der Waals surface area contributed by atoms with E-state index in [1.807, 2.05) is 0 Å². The minimum Gasteiger partial charge on any atom is -0.492 e. The monoisotopic (exact) mass is 412 g/mol. The van der Waals surface area contributed by atoms with Gasteiger partial charge in [-0.15, -0.1) is 0 Å². The molecule has 0 aromatic heterocycles. The molecule has 3 aromatic rings. The van der Waals surface area contributed by atoms with Crippen molar-refractivity contribution in [3.05, 3.63) is 95.6 Å². The van der Waals surface area contributed by atoms with Crippen LogP contribution in [0.25, 0.3) is 0 Å². The number of ether oxygens (including phenoxy) is 1. The quantitative estimate of drug-likeness (QED) is 0.519. The van der Waals surface area contributed by atoms with Crippen LogP contribution in [0.3, 0.4) is 0 Å². The number of likely N-dealkylation sites (tertiary alicyclic amines) is 1. The Balaban J connectivity index is 1.39. The summed E-state index contributed by atoms with van der Waals surface area (Å²) in [6.07, 6.45) is 5.04. The van der Waals surface area contributed by atoms with Crippen molar-refractivity contribution >= 4 is 5.69 Å². The summed E-state index contributed by atoms with van der Waals surface area (Å²) in [5.74, 6) is 1.35. The highest BCUT2D eigenvalue weighted by molar-refractivity contribution is 5.60. The van der Waals surface area contributed by atoms with E-state index in [4.69, 9.17) is 4.74 Å². The lowest BCUT2D eigenvalue weighted by molar-refractivity contribution is 0.182. The van der Waals surface area contributed by atoms with E-state index in [9.17, 15) is 0 Å². The third kappa shape index (κ3) is 4.62. The van der Waals surface area contributed by atoms with Gasteiger partial charge in [0, 0.05) is 23.7 Å². The van der Waals surface area contributed by atoms with Gasteiger partial charge >= 0.3 is 0 Å². The first-order valence-corrected chi connectivity index (χ1v) is 11.7. The van der Waals surface area contributed by atoms with Gasteiger partial charge in [0.05, 0.1) is 6.04 Å². The molecule has 3 nitrogen and oxygen atoms in total. The van der Waals surface area contributed by atoms with Crippen molar-refractivity contribution in [1.29, 1.82) is 0 Å². The third-order valence-corrected chi connectivity index (χ3v) is 6.75. The van der Waals surface area contributed by atoms with E-state index < -0.39 is 0 Å². The number of nitrogens with zero attached hydrogens (tertiary/aromatic N) is 1. The van der Waals surface area contributed by atoms with Gasteiger partial charge in [0.25, 0.3) is 0 Å². The van der Waals surface area contributed by atoms with Crippen molar-refractivity contribution in [3.63, 3.8) is 0 Å². The number of anilines is 1. The van der Waals surface area contributed by atoms with Gasteiger partial charge in [0.2, 0.25) is 0 Å². The lowest BCUT2D eigenvalue weighted by Gasteiger charge is -2.34. The number of piperidine rings is 1. The average Bonchev–Trinajstić information content (AvgIpc) is 2.85. The van der Waals surface area contributed by atoms with Crippen LogP contribution in [-0.2, 0) is 0 Å². The van der Waals surface area contributed by atoms with Gasteiger partial charge in [-0.3, -0.25) is 4.90 Å². The minimum absolute atomic E-state index is 0.294. The topological polar surface area (TPSA) is 24.5 Å². The molecule has 2 aliphatic rings. The predicted molar refractivity (Wildman–Crippen MR) is 128 cm³/mol. The van der Waals surface area contributed by atoms with Crippen LogP contribution in [0.1, 0.15) is 54.3 Å². The van der Waals surface area contributed by atoms with E-state index in [1.165, 1.54) is 54.7 Å². The Hall–Kier alpha value is -2.78. The SMILES string of the molecule is c1ccc(C2CC(c3ccccc3OCCN3CCCCC3)c3ccccc3N2)cc1. The summed E-state index contributed by atoms with van der Waals surface area (Å²) in [6.45, 7) is 4.20. The maximum Gasteiger partial charge on any atom is 0.123 e. The maximum atomic E-state index is 6.39. The van der Waals surface area contributed by atoms with E-state index in [-0.39, 0.29) is 0 Å². The first-order valence-electron chi connectivity index (χ1n) is 11.7. The maximum absolute atomic E-state index is 6.39. The molecule has 3 aromatic carbocycles. The molecule has 31 heavy (non-hydrogen) atoms. The van der Waals surface area contributed by atoms with Crippen LogP contribution in [0, 0.1) is 0 Å². The number of nitrogens with one attached hydrogen (secondary N) is 1. The normalized spacial score (nSPS) is 21.2. The Morgan fingerprint density at radius 3 is 2.32 bits per heavy atom. The second-order valence-corrected chi connectivity index (χ2v) is 8.77. The molecule has 160 valence electrons. The fourth-order valence-electron chi connectivity index (χ4n) is 5.11. The summed E-state index contributed by atoms with van der Waals surface area (Å²) in [6, 6.07) is 28.5. The fourth-order valence-corrected chi connectivity index (χ4v) is 5.11. The molecule has 0 amide bonds. The van der Waals surface area contributed by atoms with Crippen LogP contribution < -0.4 is 10.1 Å². The van der Waals surface area contributed by atoms with Gasteiger partial charge < -0.3 is 10.1 Å². The van der Waals surface area contributed by atoms with Crippen LogP contribution >= 0.6 is 0 Å². The van der Waals surface area contributed by atoms with E-state index in [1.54, 1.807) is 0 Å². The molecule has 0 bridgehead atoms. The van der Waals surface area contributed by atoms with Crippen molar-refractivity contribution in [2.24, 2.45) is 0 Å². The van der Waals surface area contributed by atoms with E-state index >= 15 is 0 Å². The molecule has 1 N–H and O–H groups in total. The zero-order valence-corrected chi connectivity index (χ0v) is 18.2. The summed E-state index contributed by atoms with van der Waals surface area (Å²) in [4.78, 5) is 2.54. The number of rotatable bonds is 6. The van der Waals surface area contributed by atoms with Crippen LogP contribution in [0.5, 0.6) is 5.75 Å². The second kappa shape index (κ2) is 9.57. The van der Waals surface area contributed by atoms with Gasteiger partial charge in [-0.25, -0.2) is 0 Å². The zero-order chi connectivity index (χ0) is 20.9. The Morgan fingerprint density at radius 1 is 0.774 bits per heavy atom. The molecule has 1 fully saturated rings. The highest BCUT2D eigenvalue weighted by Gasteiger charge is 2.30. The van der Waals surface area contributed by atoms with Crippen molar-refractivity contribution < 1.29 is 4.74 Å². The van der Waals surface area contributed by atoms with E-state index in [2.05, 4.69) is 89.1 Å². The molecule has 2 atom stereocenters. The number of benzene rings is 3. The molecule has 5 rings (SSSR count). The van der Waals surface area contributed by atoms with Crippen LogP contribution in [0.4, 0.5) is 5.69 Å². The molecular weight excluding hydrogens is 380 g/mol. The van der Waals surface area contributed by atoms with E-state index in [0.717, 1.165) is 25.3 Å². The molecule has 1 saturated heterocycles. The summed E-state index contributed by atoms with van der Waals surface area (Å²) in [5, 5.41) is 3.77. The highest BCUT2D eigenvalue weighted by atomic mass is 16.5. The molecule has 0 aliphatic carbocycles. The molecule has 2 unspecified atom stereocenters. The van der Waals surface area contributed by atoms with Crippen LogP contribution in [0.2, 0.25) is 0 Å². The summed E-state index contributed by atoms with van der Waals surface area (Å²) in [5.41, 5.74) is 5.24. The number of hydrogen-bond donors (Lipinski definition) is 1. The molecule has 0 saturated carbocycles. The first-order chi connectivity index (χ1) is 15.4. The molecular formula is C28H32N2O. The molecule has 0 spiro atoms. The highest BCUT2D eigenvalue weighted by Crippen LogP contribution is 2.45. The molecule has 2 aliphatic heterocycles. The number of fused-ring (bicyclic) bond motifs is 1. The Labute approximate surface area is 186 Å². The zero-order valence-electron chi connectivity index (χ0n) is 18.2. The summed E-state index contributed by atoms with van der Waals surface area (Å²) in [7, 11) is 0. The van der Waals surface area contributed by atoms with Crippen molar-refractivity contribution in [1.82, 2.24) is 4.90 Å². The van der Waals surface area contributed by atoms with Gasteiger partial charge in [-0.05, 0) is 55.6 Å². The summed E-state index contributed by atoms with van der Waals surface area (Å²) < 4.78 is 6.39. The Kier molecular flexibility index (Phi) is 6.22. The standard InChI is InChI=1S/C28H32N2O/c1-3-11-22(12-4-1)27-21-25(23-13-5-7-15-26(23)29-27)24-14-6-8-16-28(24)31-20-19-30-17-9-2-10-18-30/h1,3-8,11-16,25,27,29H,2,9-10,17-21H2. The van der Waals surface area contributed by atoms with Gasteiger partial charge in [-0.2, -0.15) is 0 Å². The lowest BCUT2D eigenvalue weighted by atomic mass is 9.80. The van der Waals surface area contributed by atoms with Crippen molar-refractivity contribution in [2.75, 3.05) is 31.6 Å². The van der Waals surface area contributed by atoms with E-state index in [0.29, 0.717) is 12.0 Å². The predicted octanol–water partition coefficient (Wildman–Crippen LogP) is 6.24. The van der Waals surface area contributed by atoms with Crippen LogP contribution in [0.15, 0.2) is 78.9 Å². The average molecular weight is 413 g/mol. The number of hydrogen-bond acceptors (Lipinski definition) is 3.